The fraction of sp³-hybridized carbons (Fsp3) is 0.407. The van der Waals surface area contributed by atoms with Gasteiger partial charge in [0.15, 0.2) is 0 Å². The minimum Gasteiger partial charge on any atom is -0.509 e. The summed E-state index contributed by atoms with van der Waals surface area (Å²) in [6.07, 6.45) is 8.91. The maximum absolute atomic E-state index is 13.5. The monoisotopic (exact) mass is 974 g/mol. The van der Waals surface area contributed by atoms with E-state index >= 15 is 0 Å². The molecule has 4 aromatic carbocycles. The first-order valence-corrected chi connectivity index (χ1v) is 23.9. The van der Waals surface area contributed by atoms with Crippen LogP contribution in [-0.4, -0.2) is 39.2 Å². The van der Waals surface area contributed by atoms with Crippen molar-refractivity contribution in [2.45, 2.75) is 131 Å². The highest BCUT2D eigenvalue weighted by molar-refractivity contribution is 6.64. The summed E-state index contributed by atoms with van der Waals surface area (Å²) in [4.78, 5) is 49.4. The van der Waals surface area contributed by atoms with Gasteiger partial charge in [0, 0.05) is 26.6 Å². The van der Waals surface area contributed by atoms with Crippen LogP contribution in [0.4, 0.5) is 8.78 Å². The SMILES string of the molecule is CC(C)(C)C(=O)Cl.Cc1c(-c2ccc(F)cc2)ccc(Cl)c1C1=C(O)C2(CCCCC2)NC1=O.Cc1c(-c2ccc(F)cc2)ccc(Cl)c1C1=C(OC(=O)C(C)(C)C)C2(CCCCC2)NC1=O. The van der Waals surface area contributed by atoms with Crippen LogP contribution in [0.5, 0.6) is 0 Å². The Morgan fingerprint density at radius 2 is 0.970 bits per heavy atom. The van der Waals surface area contributed by atoms with Crippen LogP contribution in [0.2, 0.25) is 10.0 Å². The van der Waals surface area contributed by atoms with Gasteiger partial charge in [-0.2, -0.15) is 0 Å². The lowest BCUT2D eigenvalue weighted by Crippen LogP contribution is -2.47. The van der Waals surface area contributed by atoms with E-state index in [0.717, 1.165) is 84.7 Å². The summed E-state index contributed by atoms with van der Waals surface area (Å²) >= 11 is 18.2. The molecule has 0 saturated heterocycles. The Morgan fingerprint density at radius 1 is 0.597 bits per heavy atom. The quantitative estimate of drug-likeness (QED) is 0.135. The lowest BCUT2D eigenvalue weighted by atomic mass is 9.80. The van der Waals surface area contributed by atoms with Gasteiger partial charge in [0.1, 0.15) is 23.2 Å². The minimum absolute atomic E-state index is 0.105. The Balaban J connectivity index is 0.000000196. The van der Waals surface area contributed by atoms with E-state index in [-0.39, 0.29) is 51.4 Å². The van der Waals surface area contributed by atoms with Crippen molar-refractivity contribution in [3.05, 3.63) is 128 Å². The van der Waals surface area contributed by atoms with Crippen molar-refractivity contribution in [2.24, 2.45) is 10.8 Å². The van der Waals surface area contributed by atoms with E-state index in [9.17, 15) is 33.1 Å². The molecule has 356 valence electrons. The third kappa shape index (κ3) is 11.0. The molecule has 2 spiro atoms. The Bertz CT molecular complexity index is 2630. The Morgan fingerprint density at radius 3 is 1.37 bits per heavy atom. The predicted octanol–water partition coefficient (Wildman–Crippen LogP) is 13.9. The summed E-state index contributed by atoms with van der Waals surface area (Å²) in [6.45, 7) is 14.5. The first kappa shape index (κ1) is 51.4. The number of nitrogens with one attached hydrogen (secondary N) is 2. The number of aliphatic hydroxyl groups excluding tert-OH is 1. The van der Waals surface area contributed by atoms with Gasteiger partial charge in [0.05, 0.1) is 27.6 Å². The number of carbonyl (C=O) groups excluding carboxylic acids is 4. The molecule has 0 radical (unpaired) electrons. The molecule has 2 aliphatic carbocycles. The molecule has 4 aliphatic rings. The maximum atomic E-state index is 13.5. The van der Waals surface area contributed by atoms with Crippen LogP contribution in [0.3, 0.4) is 0 Å². The molecule has 13 heteroatoms. The second kappa shape index (κ2) is 20.3. The number of amides is 2. The molecule has 67 heavy (non-hydrogen) atoms. The highest BCUT2D eigenvalue weighted by Gasteiger charge is 2.50. The molecule has 2 heterocycles. The molecule has 0 atom stereocenters. The highest BCUT2D eigenvalue weighted by Crippen LogP contribution is 2.48. The summed E-state index contributed by atoms with van der Waals surface area (Å²) in [5.41, 5.74) is 4.12. The van der Waals surface area contributed by atoms with Crippen molar-refractivity contribution >= 4 is 69.0 Å². The van der Waals surface area contributed by atoms with Crippen LogP contribution in [0.15, 0.2) is 84.3 Å². The van der Waals surface area contributed by atoms with Crippen molar-refractivity contribution in [1.29, 1.82) is 0 Å². The summed E-state index contributed by atoms with van der Waals surface area (Å²) < 4.78 is 32.8. The number of rotatable bonds is 5. The third-order valence-corrected chi connectivity index (χ3v) is 14.2. The zero-order valence-corrected chi connectivity index (χ0v) is 41.6. The molecule has 8 nitrogen and oxygen atoms in total. The number of hydrogen-bond donors (Lipinski definition) is 3. The van der Waals surface area contributed by atoms with Crippen molar-refractivity contribution in [1.82, 2.24) is 10.6 Å². The lowest BCUT2D eigenvalue weighted by Gasteiger charge is -2.35. The zero-order valence-electron chi connectivity index (χ0n) is 39.4. The van der Waals surface area contributed by atoms with Gasteiger partial charge in [-0.1, -0.05) is 119 Å². The Kier molecular flexibility index (Phi) is 15.6. The average molecular weight is 976 g/mol. The smallest absolute Gasteiger partial charge is 0.316 e. The number of hydrogen-bond acceptors (Lipinski definition) is 6. The molecule has 0 aromatic heterocycles. The van der Waals surface area contributed by atoms with Crippen LogP contribution in [-0.2, 0) is 23.9 Å². The second-order valence-electron chi connectivity index (χ2n) is 20.0. The number of carbonyl (C=O) groups is 4. The summed E-state index contributed by atoms with van der Waals surface area (Å²) in [7, 11) is 0. The van der Waals surface area contributed by atoms with E-state index in [1.807, 2.05) is 26.0 Å². The van der Waals surface area contributed by atoms with Gasteiger partial charge in [0.2, 0.25) is 5.24 Å². The van der Waals surface area contributed by atoms with Gasteiger partial charge in [-0.25, -0.2) is 8.78 Å². The van der Waals surface area contributed by atoms with Gasteiger partial charge < -0.3 is 20.5 Å². The van der Waals surface area contributed by atoms with Gasteiger partial charge in [-0.15, -0.1) is 0 Å². The fourth-order valence-corrected chi connectivity index (χ4v) is 9.70. The van der Waals surface area contributed by atoms with Crippen molar-refractivity contribution in [3.8, 4) is 22.3 Å². The fourth-order valence-electron chi connectivity index (χ4n) is 9.10. The van der Waals surface area contributed by atoms with E-state index in [0.29, 0.717) is 45.3 Å². The number of benzene rings is 4. The molecule has 2 fully saturated rings. The van der Waals surface area contributed by atoms with E-state index in [4.69, 9.17) is 39.5 Å². The van der Waals surface area contributed by atoms with Crippen molar-refractivity contribution in [2.75, 3.05) is 0 Å². The first-order valence-electron chi connectivity index (χ1n) is 22.8. The van der Waals surface area contributed by atoms with Crippen LogP contribution >= 0.6 is 34.8 Å². The number of halogens is 5. The molecule has 2 saturated carbocycles. The van der Waals surface area contributed by atoms with Crippen LogP contribution < -0.4 is 10.6 Å². The topological polar surface area (TPSA) is 122 Å². The Hall–Kier alpha value is -5.03. The lowest BCUT2D eigenvalue weighted by molar-refractivity contribution is -0.149. The highest BCUT2D eigenvalue weighted by atomic mass is 35.5. The molecule has 0 unspecified atom stereocenters. The Labute approximate surface area is 407 Å². The van der Waals surface area contributed by atoms with Crippen molar-refractivity contribution < 1.29 is 37.8 Å². The van der Waals surface area contributed by atoms with Gasteiger partial charge in [-0.05, 0) is 142 Å². The van der Waals surface area contributed by atoms with E-state index in [2.05, 4.69) is 10.6 Å². The standard InChI is InChI=1S/C27H29ClFNO3.C22H21ClFNO2.C5H9ClO/c1-16-19(17-8-10-18(29)11-9-17)12-13-20(28)21(16)22-23(33-25(32)26(2,3)4)27(30-24(22)31)14-6-5-7-15-27;1-13-16(14-5-7-15(24)8-6-14)9-10-17(23)18(13)19-20(26)22(25-21(19)27)11-3-2-4-12-22;1-5(2,3)4(6)7/h8-13H,5-7,14-15H2,1-4H3,(H,30,31);5-10,26H,2-4,11-12H2,1H3,(H,25,27);1-3H3. The minimum atomic E-state index is -0.728. The molecule has 3 N–H and O–H groups in total. The number of aliphatic hydroxyl groups is 1. The number of esters is 1. The van der Waals surface area contributed by atoms with Gasteiger partial charge in [-0.3, -0.25) is 19.2 Å². The van der Waals surface area contributed by atoms with E-state index < -0.39 is 16.5 Å². The number of ether oxygens (including phenoxy) is 1. The average Bonchev–Trinajstić information content (AvgIpc) is 3.64. The van der Waals surface area contributed by atoms with Gasteiger partial charge in [0.25, 0.3) is 11.8 Å². The van der Waals surface area contributed by atoms with E-state index in [1.165, 1.54) is 24.3 Å². The molecule has 2 aliphatic heterocycles. The van der Waals surface area contributed by atoms with Crippen LogP contribution in [0, 0.1) is 36.3 Å². The van der Waals surface area contributed by atoms with E-state index in [1.54, 1.807) is 77.9 Å². The first-order chi connectivity index (χ1) is 31.4. The van der Waals surface area contributed by atoms with Gasteiger partial charge >= 0.3 is 5.97 Å². The molecule has 8 rings (SSSR count). The second-order valence-corrected chi connectivity index (χ2v) is 21.1. The third-order valence-electron chi connectivity index (χ3n) is 13.0. The molecule has 0 bridgehead atoms. The normalized spacial score (nSPS) is 17.6. The van der Waals surface area contributed by atoms with Crippen LogP contribution in [0.1, 0.15) is 128 Å². The molecular formula is C54H59Cl3F2N2O6. The summed E-state index contributed by atoms with van der Waals surface area (Å²) in [5, 5.41) is 17.7. The van der Waals surface area contributed by atoms with Crippen LogP contribution in [0.25, 0.3) is 33.4 Å². The largest absolute Gasteiger partial charge is 0.509 e. The summed E-state index contributed by atoms with van der Waals surface area (Å²) in [6, 6.07) is 19.6. The molecule has 2 amide bonds. The zero-order chi connectivity index (χ0) is 49.2. The predicted molar refractivity (Wildman–Crippen MR) is 263 cm³/mol. The maximum Gasteiger partial charge on any atom is 0.316 e. The summed E-state index contributed by atoms with van der Waals surface area (Å²) in [5.74, 6) is -1.09. The molecular weight excluding hydrogens is 917 g/mol. The molecule has 4 aromatic rings. The van der Waals surface area contributed by atoms with Crippen molar-refractivity contribution in [3.63, 3.8) is 0 Å².